The minimum Gasteiger partial charge on any atom is -0.348 e. The van der Waals surface area contributed by atoms with Gasteiger partial charge in [0.15, 0.2) is 0 Å². The van der Waals surface area contributed by atoms with Crippen molar-refractivity contribution in [3.8, 4) is 0 Å². The number of amides is 1. The molecule has 114 valence electrons. The fourth-order valence-electron chi connectivity index (χ4n) is 1.91. The Balaban J connectivity index is 2.09. The van der Waals surface area contributed by atoms with Gasteiger partial charge >= 0.3 is 0 Å². The lowest BCUT2D eigenvalue weighted by atomic mass is 10.2. The van der Waals surface area contributed by atoms with Gasteiger partial charge in [0.2, 0.25) is 0 Å². The average molecular weight is 310 g/mol. The largest absolute Gasteiger partial charge is 0.348 e. The number of hydrogen-bond donors (Lipinski definition) is 1. The maximum absolute atomic E-state index is 12.0. The van der Waals surface area contributed by atoms with Crippen LogP contribution in [-0.4, -0.2) is 31.5 Å². The van der Waals surface area contributed by atoms with E-state index in [0.29, 0.717) is 17.4 Å². The van der Waals surface area contributed by atoms with Crippen LogP contribution < -0.4 is 5.32 Å². The first-order valence-electron chi connectivity index (χ1n) is 6.96. The van der Waals surface area contributed by atoms with Crippen molar-refractivity contribution in [2.75, 3.05) is 0 Å². The highest BCUT2D eigenvalue weighted by Crippen LogP contribution is 2.18. The number of carbonyl (C=O) groups excluding carboxylic acids is 1. The molecule has 0 saturated carbocycles. The second kappa shape index (κ2) is 6.30. The average Bonchev–Trinajstić information content (AvgIpc) is 3.01. The first kappa shape index (κ1) is 15.6. The first-order valence-corrected chi connectivity index (χ1v) is 7.34. The summed E-state index contributed by atoms with van der Waals surface area (Å²) in [6.45, 7) is 8.18. The highest BCUT2D eigenvalue weighted by atomic mass is 35.5. The van der Waals surface area contributed by atoms with Crippen LogP contribution in [0.3, 0.4) is 0 Å². The van der Waals surface area contributed by atoms with Crippen molar-refractivity contribution in [2.45, 2.75) is 46.8 Å². The van der Waals surface area contributed by atoms with Crippen LogP contribution in [-0.2, 0) is 6.67 Å². The van der Waals surface area contributed by atoms with E-state index >= 15 is 0 Å². The van der Waals surface area contributed by atoms with Crippen molar-refractivity contribution >= 4 is 17.5 Å². The maximum Gasteiger partial charge on any atom is 0.271 e. The molecule has 6 nitrogen and oxygen atoms in total. The van der Waals surface area contributed by atoms with Crippen LogP contribution in [0.1, 0.15) is 42.1 Å². The molecule has 0 aromatic carbocycles. The summed E-state index contributed by atoms with van der Waals surface area (Å²) in [5, 5.41) is 12.2. The van der Waals surface area contributed by atoms with Gasteiger partial charge in [0.25, 0.3) is 5.91 Å². The van der Waals surface area contributed by atoms with E-state index in [1.54, 1.807) is 21.6 Å². The summed E-state index contributed by atoms with van der Waals surface area (Å²) in [5.74, 6) is -0.158. The molecule has 0 unspecified atom stereocenters. The summed E-state index contributed by atoms with van der Waals surface area (Å²) in [4.78, 5) is 12.0. The van der Waals surface area contributed by atoms with E-state index in [1.165, 1.54) is 0 Å². The molecule has 0 spiro atoms. The van der Waals surface area contributed by atoms with Gasteiger partial charge in [-0.05, 0) is 33.3 Å². The van der Waals surface area contributed by atoms with E-state index in [-0.39, 0.29) is 11.9 Å². The summed E-state index contributed by atoms with van der Waals surface area (Å²) in [7, 11) is 0. The zero-order valence-electron chi connectivity index (χ0n) is 12.7. The van der Waals surface area contributed by atoms with E-state index in [4.69, 9.17) is 11.6 Å². The molecule has 7 heteroatoms. The van der Waals surface area contributed by atoms with Crippen LogP contribution in [0, 0.1) is 13.8 Å². The van der Waals surface area contributed by atoms with Crippen LogP contribution in [0.5, 0.6) is 0 Å². The number of rotatable bonds is 5. The normalized spacial score (nSPS) is 12.4. The van der Waals surface area contributed by atoms with Gasteiger partial charge < -0.3 is 5.32 Å². The van der Waals surface area contributed by atoms with E-state index in [2.05, 4.69) is 15.5 Å². The molecule has 2 rings (SSSR count). The molecule has 0 fully saturated rings. The van der Waals surface area contributed by atoms with E-state index in [0.717, 1.165) is 17.8 Å². The summed E-state index contributed by atoms with van der Waals surface area (Å²) in [5.41, 5.74) is 2.08. The SMILES string of the molecule is CC[C@H](C)NC(=O)c1ccn(Cn2nc(C)c(Cl)c2C)n1. The molecule has 2 aromatic heterocycles. The van der Waals surface area contributed by atoms with Crippen molar-refractivity contribution in [3.63, 3.8) is 0 Å². The fourth-order valence-corrected chi connectivity index (χ4v) is 2.05. The molecule has 0 bridgehead atoms. The summed E-state index contributed by atoms with van der Waals surface area (Å²) >= 11 is 6.12. The van der Waals surface area contributed by atoms with Gasteiger partial charge in [0, 0.05) is 12.2 Å². The van der Waals surface area contributed by atoms with E-state index in [9.17, 15) is 4.79 Å². The number of nitrogens with zero attached hydrogens (tertiary/aromatic N) is 4. The molecule has 0 aliphatic rings. The lowest BCUT2D eigenvalue weighted by Gasteiger charge is -2.09. The molecule has 21 heavy (non-hydrogen) atoms. The Kier molecular flexibility index (Phi) is 4.67. The maximum atomic E-state index is 12.0. The van der Waals surface area contributed by atoms with Crippen LogP contribution in [0.15, 0.2) is 12.3 Å². The molecule has 0 aliphatic heterocycles. The molecular weight excluding hydrogens is 290 g/mol. The topological polar surface area (TPSA) is 64.7 Å². The van der Waals surface area contributed by atoms with Crippen LogP contribution in [0.2, 0.25) is 5.02 Å². The zero-order valence-corrected chi connectivity index (χ0v) is 13.5. The van der Waals surface area contributed by atoms with Crippen LogP contribution >= 0.6 is 11.6 Å². The number of aromatic nitrogens is 4. The van der Waals surface area contributed by atoms with Crippen molar-refractivity contribution in [1.82, 2.24) is 24.9 Å². The van der Waals surface area contributed by atoms with Gasteiger partial charge in [-0.1, -0.05) is 18.5 Å². The van der Waals surface area contributed by atoms with Crippen molar-refractivity contribution in [1.29, 1.82) is 0 Å². The number of carbonyl (C=O) groups is 1. The molecule has 1 amide bonds. The number of nitrogens with one attached hydrogen (secondary N) is 1. The molecule has 0 saturated heterocycles. The smallest absolute Gasteiger partial charge is 0.271 e. The highest BCUT2D eigenvalue weighted by molar-refractivity contribution is 6.31. The number of hydrogen-bond acceptors (Lipinski definition) is 3. The van der Waals surface area contributed by atoms with Crippen LogP contribution in [0.4, 0.5) is 0 Å². The molecule has 2 aromatic rings. The third-order valence-corrected chi connectivity index (χ3v) is 3.98. The van der Waals surface area contributed by atoms with Crippen molar-refractivity contribution in [3.05, 3.63) is 34.4 Å². The third-order valence-electron chi connectivity index (χ3n) is 3.44. The zero-order chi connectivity index (χ0) is 15.6. The minimum atomic E-state index is -0.158. The quantitative estimate of drug-likeness (QED) is 0.922. The van der Waals surface area contributed by atoms with Gasteiger partial charge in [0.1, 0.15) is 12.4 Å². The van der Waals surface area contributed by atoms with Gasteiger partial charge in [-0.2, -0.15) is 10.2 Å². The summed E-state index contributed by atoms with van der Waals surface area (Å²) in [6, 6.07) is 1.84. The Morgan fingerprint density at radius 3 is 2.71 bits per heavy atom. The number of halogens is 1. The second-order valence-electron chi connectivity index (χ2n) is 5.15. The Morgan fingerprint density at radius 2 is 2.14 bits per heavy atom. The Labute approximate surface area is 129 Å². The standard InChI is InChI=1S/C14H20ClN5O/c1-5-9(2)16-14(21)12-6-7-19(18-12)8-20-11(4)13(15)10(3)17-20/h6-7,9H,5,8H2,1-4H3,(H,16,21)/t9-/m0/s1. The summed E-state index contributed by atoms with van der Waals surface area (Å²) < 4.78 is 3.43. The monoisotopic (exact) mass is 309 g/mol. The molecule has 2 heterocycles. The third kappa shape index (κ3) is 3.44. The highest BCUT2D eigenvalue weighted by Gasteiger charge is 2.13. The predicted molar refractivity (Wildman–Crippen MR) is 81.6 cm³/mol. The Morgan fingerprint density at radius 1 is 1.43 bits per heavy atom. The molecule has 0 radical (unpaired) electrons. The van der Waals surface area contributed by atoms with Gasteiger partial charge in [-0.15, -0.1) is 0 Å². The number of aryl methyl sites for hydroxylation is 1. The van der Waals surface area contributed by atoms with Gasteiger partial charge in [-0.3, -0.25) is 9.48 Å². The molecule has 1 N–H and O–H groups in total. The fraction of sp³-hybridized carbons (Fsp3) is 0.500. The minimum absolute atomic E-state index is 0.137. The van der Waals surface area contributed by atoms with E-state index < -0.39 is 0 Å². The van der Waals surface area contributed by atoms with Gasteiger partial charge in [0.05, 0.1) is 16.4 Å². The predicted octanol–water partition coefficient (Wildman–Crippen LogP) is 2.38. The lowest BCUT2D eigenvalue weighted by molar-refractivity contribution is 0.0933. The Bertz CT molecular complexity index is 646. The summed E-state index contributed by atoms with van der Waals surface area (Å²) in [6.07, 6.45) is 2.65. The molecular formula is C14H20ClN5O. The van der Waals surface area contributed by atoms with E-state index in [1.807, 2.05) is 27.7 Å². The lowest BCUT2D eigenvalue weighted by Crippen LogP contribution is -2.32. The molecule has 0 aliphatic carbocycles. The van der Waals surface area contributed by atoms with Gasteiger partial charge in [-0.25, -0.2) is 4.68 Å². The van der Waals surface area contributed by atoms with Crippen molar-refractivity contribution in [2.24, 2.45) is 0 Å². The Hall–Kier alpha value is -1.82. The first-order chi connectivity index (χ1) is 9.92. The van der Waals surface area contributed by atoms with Crippen molar-refractivity contribution < 1.29 is 4.79 Å². The second-order valence-corrected chi connectivity index (χ2v) is 5.53. The molecule has 1 atom stereocenters. The van der Waals surface area contributed by atoms with Crippen LogP contribution in [0.25, 0.3) is 0 Å².